The predicted octanol–water partition coefficient (Wildman–Crippen LogP) is 4.24. The Morgan fingerprint density at radius 1 is 1.13 bits per heavy atom. The monoisotopic (exact) mass is 556 g/mol. The molecular formula is C27H30ClFN6O2S. The van der Waals surface area contributed by atoms with Gasteiger partial charge in [0.2, 0.25) is 0 Å². The van der Waals surface area contributed by atoms with E-state index < -0.39 is 6.04 Å². The Kier molecular flexibility index (Phi) is 8.42. The number of esters is 1. The summed E-state index contributed by atoms with van der Waals surface area (Å²) in [5, 5.41) is 10.3. The SMILES string of the molecule is COC(=O)CC[C@@H]1N=C(c2ccccc2F)c2cc(Cl)ccc2-n2c(SCCN3CCN(C)CC3)nnc21. The second-order valence-electron chi connectivity index (χ2n) is 9.42. The first kappa shape index (κ1) is 26.8. The smallest absolute Gasteiger partial charge is 0.305 e. The van der Waals surface area contributed by atoms with Crippen LogP contribution in [0, 0.1) is 5.82 Å². The van der Waals surface area contributed by atoms with Gasteiger partial charge in [-0.05, 0) is 43.8 Å². The molecule has 3 heterocycles. The number of benzene rings is 2. The maximum Gasteiger partial charge on any atom is 0.305 e. The highest BCUT2D eigenvalue weighted by atomic mass is 35.5. The average Bonchev–Trinajstić information content (AvgIpc) is 3.28. The normalized spacial score (nSPS) is 17.9. The van der Waals surface area contributed by atoms with E-state index in [1.165, 1.54) is 13.2 Å². The molecule has 1 atom stereocenters. The second-order valence-corrected chi connectivity index (χ2v) is 10.9. The van der Waals surface area contributed by atoms with Crippen LogP contribution >= 0.6 is 23.4 Å². The van der Waals surface area contributed by atoms with Crippen LogP contribution < -0.4 is 0 Å². The first-order valence-corrected chi connectivity index (χ1v) is 14.0. The molecule has 1 aromatic heterocycles. The first-order chi connectivity index (χ1) is 18.4. The van der Waals surface area contributed by atoms with Crippen LogP contribution in [0.1, 0.15) is 35.8 Å². The summed E-state index contributed by atoms with van der Waals surface area (Å²) in [6.07, 6.45) is 0.488. The number of carbonyl (C=O) groups excluding carboxylic acids is 1. The fourth-order valence-electron chi connectivity index (χ4n) is 4.75. The number of piperazine rings is 1. The Hall–Kier alpha value is -2.79. The Balaban J connectivity index is 1.53. The van der Waals surface area contributed by atoms with E-state index in [2.05, 4.69) is 27.0 Å². The molecule has 5 rings (SSSR count). The Morgan fingerprint density at radius 3 is 2.68 bits per heavy atom. The van der Waals surface area contributed by atoms with Crippen molar-refractivity contribution in [2.24, 2.45) is 4.99 Å². The van der Waals surface area contributed by atoms with E-state index in [0.717, 1.165) is 49.3 Å². The number of nitrogens with zero attached hydrogens (tertiary/aromatic N) is 6. The molecule has 0 amide bonds. The molecule has 1 fully saturated rings. The molecule has 0 radical (unpaired) electrons. The highest BCUT2D eigenvalue weighted by Crippen LogP contribution is 2.36. The van der Waals surface area contributed by atoms with Gasteiger partial charge in [-0.1, -0.05) is 35.5 Å². The molecule has 3 aromatic rings. The van der Waals surface area contributed by atoms with E-state index in [-0.39, 0.29) is 18.2 Å². The molecule has 0 spiro atoms. The molecule has 0 aliphatic carbocycles. The van der Waals surface area contributed by atoms with Crippen molar-refractivity contribution in [3.05, 3.63) is 70.3 Å². The number of thioether (sulfide) groups is 1. The number of aromatic nitrogens is 3. The highest BCUT2D eigenvalue weighted by molar-refractivity contribution is 7.99. The third kappa shape index (κ3) is 5.78. The fraction of sp³-hybridized carbons (Fsp3) is 0.407. The Labute approximate surface area is 230 Å². The van der Waals surface area contributed by atoms with Crippen molar-refractivity contribution in [3.8, 4) is 5.69 Å². The van der Waals surface area contributed by atoms with Crippen LogP contribution in [0.2, 0.25) is 5.02 Å². The standard InChI is InChI=1S/C27H30ClFN6O2S/c1-33-11-13-34(14-12-33)15-16-38-27-32-31-26-22(8-10-24(36)37-2)30-25(19-5-3-4-6-21(19)29)20-17-18(28)7-9-23(20)35(26)27/h3-7,9,17,22H,8,10-16H2,1-2H3/t22-/m0/s1. The van der Waals surface area contributed by atoms with Crippen molar-refractivity contribution < 1.29 is 13.9 Å². The molecule has 0 saturated carbocycles. The zero-order valence-electron chi connectivity index (χ0n) is 21.4. The van der Waals surface area contributed by atoms with Crippen LogP contribution in [0.4, 0.5) is 4.39 Å². The number of carbonyl (C=O) groups is 1. The lowest BCUT2D eigenvalue weighted by Crippen LogP contribution is -2.45. The summed E-state index contributed by atoms with van der Waals surface area (Å²) >= 11 is 8.07. The van der Waals surface area contributed by atoms with Crippen molar-refractivity contribution in [3.63, 3.8) is 0 Å². The number of rotatable bonds is 8. The van der Waals surface area contributed by atoms with Gasteiger partial charge in [0, 0.05) is 61.0 Å². The summed E-state index contributed by atoms with van der Waals surface area (Å²) in [5.74, 6) is 0.720. The average molecular weight is 557 g/mol. The molecule has 2 aliphatic heterocycles. The molecule has 8 nitrogen and oxygen atoms in total. The molecule has 0 unspecified atom stereocenters. The molecule has 2 aromatic carbocycles. The van der Waals surface area contributed by atoms with Gasteiger partial charge in [0.25, 0.3) is 0 Å². The van der Waals surface area contributed by atoms with Crippen molar-refractivity contribution in [2.75, 3.05) is 52.6 Å². The number of aliphatic imine (C=N–C) groups is 1. The van der Waals surface area contributed by atoms with Crippen LogP contribution in [0.3, 0.4) is 0 Å². The fourth-order valence-corrected chi connectivity index (χ4v) is 5.87. The van der Waals surface area contributed by atoms with Gasteiger partial charge in [0.1, 0.15) is 11.9 Å². The van der Waals surface area contributed by atoms with Crippen molar-refractivity contribution in [1.29, 1.82) is 0 Å². The van der Waals surface area contributed by atoms with E-state index >= 15 is 4.39 Å². The molecule has 38 heavy (non-hydrogen) atoms. The summed E-state index contributed by atoms with van der Waals surface area (Å²) < 4.78 is 21.9. The summed E-state index contributed by atoms with van der Waals surface area (Å²) in [6, 6.07) is 11.5. The van der Waals surface area contributed by atoms with Crippen molar-refractivity contribution in [2.45, 2.75) is 24.0 Å². The molecule has 11 heteroatoms. The van der Waals surface area contributed by atoms with Gasteiger partial charge in [-0.15, -0.1) is 10.2 Å². The summed E-state index contributed by atoms with van der Waals surface area (Å²) in [5.41, 5.74) is 2.29. The number of fused-ring (bicyclic) bond motifs is 3. The van der Waals surface area contributed by atoms with E-state index in [0.29, 0.717) is 34.1 Å². The van der Waals surface area contributed by atoms with E-state index in [1.807, 2.05) is 10.6 Å². The van der Waals surface area contributed by atoms with Gasteiger partial charge in [-0.2, -0.15) is 0 Å². The number of ether oxygens (including phenoxy) is 1. The Morgan fingerprint density at radius 2 is 1.92 bits per heavy atom. The largest absolute Gasteiger partial charge is 0.469 e. The molecule has 0 N–H and O–H groups in total. The first-order valence-electron chi connectivity index (χ1n) is 12.6. The quantitative estimate of drug-likeness (QED) is 0.303. The minimum Gasteiger partial charge on any atom is -0.469 e. The number of likely N-dealkylation sites (N-methyl/N-ethyl adjacent to an activating group) is 1. The molecular weight excluding hydrogens is 527 g/mol. The molecule has 200 valence electrons. The van der Waals surface area contributed by atoms with Crippen LogP contribution in [0.15, 0.2) is 52.6 Å². The zero-order valence-corrected chi connectivity index (χ0v) is 23.0. The van der Waals surface area contributed by atoms with Gasteiger partial charge in [-0.3, -0.25) is 19.3 Å². The molecule has 2 aliphatic rings. The third-order valence-electron chi connectivity index (χ3n) is 6.91. The van der Waals surface area contributed by atoms with Gasteiger partial charge < -0.3 is 9.64 Å². The minimum absolute atomic E-state index is 0.144. The Bertz CT molecular complexity index is 1340. The van der Waals surface area contributed by atoms with Crippen LogP contribution in [0.5, 0.6) is 0 Å². The topological polar surface area (TPSA) is 75.8 Å². The van der Waals surface area contributed by atoms with Gasteiger partial charge >= 0.3 is 5.97 Å². The summed E-state index contributed by atoms with van der Waals surface area (Å²) in [6.45, 7) is 5.17. The number of hydrogen-bond acceptors (Lipinski definition) is 8. The molecule has 0 bridgehead atoms. The minimum atomic E-state index is -0.533. The third-order valence-corrected chi connectivity index (χ3v) is 8.05. The maximum absolute atomic E-state index is 15.1. The van der Waals surface area contributed by atoms with Crippen LogP contribution in [-0.2, 0) is 9.53 Å². The maximum atomic E-state index is 15.1. The van der Waals surface area contributed by atoms with E-state index in [4.69, 9.17) is 21.3 Å². The van der Waals surface area contributed by atoms with Crippen LogP contribution in [0.25, 0.3) is 5.69 Å². The van der Waals surface area contributed by atoms with E-state index in [1.54, 1.807) is 42.1 Å². The van der Waals surface area contributed by atoms with Crippen molar-refractivity contribution >= 4 is 35.0 Å². The zero-order chi connectivity index (χ0) is 26.6. The lowest BCUT2D eigenvalue weighted by molar-refractivity contribution is -0.140. The van der Waals surface area contributed by atoms with Gasteiger partial charge in [-0.25, -0.2) is 4.39 Å². The van der Waals surface area contributed by atoms with Gasteiger partial charge in [0.05, 0.1) is 18.5 Å². The molecule has 1 saturated heterocycles. The summed E-state index contributed by atoms with van der Waals surface area (Å²) in [7, 11) is 3.51. The number of halogens is 2. The second kappa shape index (κ2) is 11.9. The number of methoxy groups -OCH3 is 1. The van der Waals surface area contributed by atoms with Crippen LogP contribution in [-0.4, -0.2) is 88.9 Å². The van der Waals surface area contributed by atoms with Crippen molar-refractivity contribution in [1.82, 2.24) is 24.6 Å². The summed E-state index contributed by atoms with van der Waals surface area (Å²) in [4.78, 5) is 21.8. The highest BCUT2D eigenvalue weighted by Gasteiger charge is 2.30. The number of hydrogen-bond donors (Lipinski definition) is 0. The predicted molar refractivity (Wildman–Crippen MR) is 147 cm³/mol. The lowest BCUT2D eigenvalue weighted by atomic mass is 10.00. The van der Waals surface area contributed by atoms with Gasteiger partial charge in [0.15, 0.2) is 11.0 Å². The lowest BCUT2D eigenvalue weighted by Gasteiger charge is -2.32. The van der Waals surface area contributed by atoms with E-state index in [9.17, 15) is 4.79 Å².